The number of hydrogen-bond donors (Lipinski definition) is 2. The molecule has 5 heteroatoms. The number of carbonyl (C=O) groups excluding carboxylic acids is 1. The molecule has 0 bridgehead atoms. The van der Waals surface area contributed by atoms with Crippen LogP contribution >= 0.6 is 0 Å². The Labute approximate surface area is 98.8 Å². The van der Waals surface area contributed by atoms with E-state index in [1.54, 1.807) is 25.4 Å². The van der Waals surface area contributed by atoms with Crippen LogP contribution in [0.1, 0.15) is 6.92 Å². The zero-order valence-corrected chi connectivity index (χ0v) is 9.43. The van der Waals surface area contributed by atoms with Crippen LogP contribution in [0, 0.1) is 0 Å². The first kappa shape index (κ1) is 11.2. The molecule has 2 aromatic rings. The number of benzene rings is 1. The molecule has 0 atom stereocenters. The summed E-state index contributed by atoms with van der Waals surface area (Å²) in [5.74, 6) is 0.762. The summed E-state index contributed by atoms with van der Waals surface area (Å²) in [5.41, 5.74) is 1.58. The predicted molar refractivity (Wildman–Crippen MR) is 64.7 cm³/mol. The van der Waals surface area contributed by atoms with Crippen LogP contribution in [0.2, 0.25) is 0 Å². The molecule has 0 saturated heterocycles. The van der Waals surface area contributed by atoms with Gasteiger partial charge >= 0.3 is 6.09 Å². The summed E-state index contributed by atoms with van der Waals surface area (Å²) >= 11 is 0. The second-order valence-corrected chi connectivity index (χ2v) is 3.36. The molecule has 0 aliphatic heterocycles. The molecular formula is C12H13N3O2. The molecule has 1 heterocycles. The molecule has 0 fully saturated rings. The molecule has 0 radical (unpaired) electrons. The van der Waals surface area contributed by atoms with Gasteiger partial charge in [0.25, 0.3) is 0 Å². The number of nitrogens with zero attached hydrogens (tertiary/aromatic N) is 1. The molecule has 1 aromatic carbocycles. The minimum absolute atomic E-state index is 0.351. The fraction of sp³-hybridized carbons (Fsp3) is 0.167. The lowest BCUT2D eigenvalue weighted by Gasteiger charge is -2.06. The van der Waals surface area contributed by atoms with Gasteiger partial charge in [-0.2, -0.15) is 0 Å². The first-order chi connectivity index (χ1) is 8.29. The van der Waals surface area contributed by atoms with Crippen molar-refractivity contribution < 1.29 is 9.53 Å². The lowest BCUT2D eigenvalue weighted by Crippen LogP contribution is -2.13. The van der Waals surface area contributed by atoms with Gasteiger partial charge in [0.1, 0.15) is 5.82 Å². The maximum Gasteiger partial charge on any atom is 0.411 e. The third-order valence-corrected chi connectivity index (χ3v) is 2.16. The first-order valence-electron chi connectivity index (χ1n) is 5.33. The summed E-state index contributed by atoms with van der Waals surface area (Å²) in [4.78, 5) is 18.4. The maximum atomic E-state index is 11.3. The standard InChI is InChI=1S/C12H13N3O2/c1-2-17-12(16)15-10-5-3-4-9(8-10)11-13-6-7-14-11/h3-8H,2H2,1H3,(H,13,14)(H,15,16). The minimum Gasteiger partial charge on any atom is -0.450 e. The molecule has 0 unspecified atom stereocenters. The van der Waals surface area contributed by atoms with E-state index in [4.69, 9.17) is 4.74 Å². The highest BCUT2D eigenvalue weighted by atomic mass is 16.5. The number of nitrogens with one attached hydrogen (secondary N) is 2. The van der Waals surface area contributed by atoms with Crippen LogP contribution in [0.15, 0.2) is 36.7 Å². The van der Waals surface area contributed by atoms with Gasteiger partial charge in [0, 0.05) is 23.6 Å². The number of aromatic amines is 1. The third kappa shape index (κ3) is 2.84. The number of H-pyrrole nitrogens is 1. The Kier molecular flexibility index (Phi) is 3.40. The second kappa shape index (κ2) is 5.16. The van der Waals surface area contributed by atoms with Gasteiger partial charge in [0.15, 0.2) is 0 Å². The van der Waals surface area contributed by atoms with Crippen molar-refractivity contribution in [2.45, 2.75) is 6.92 Å². The number of carbonyl (C=O) groups is 1. The van der Waals surface area contributed by atoms with Crippen molar-refractivity contribution in [1.29, 1.82) is 0 Å². The van der Waals surface area contributed by atoms with E-state index in [-0.39, 0.29) is 0 Å². The summed E-state index contributed by atoms with van der Waals surface area (Å²) in [6.45, 7) is 2.11. The number of anilines is 1. The fourth-order valence-corrected chi connectivity index (χ4v) is 1.45. The van der Waals surface area contributed by atoms with E-state index in [9.17, 15) is 4.79 Å². The molecule has 0 saturated carbocycles. The van der Waals surface area contributed by atoms with Gasteiger partial charge in [-0.3, -0.25) is 5.32 Å². The third-order valence-electron chi connectivity index (χ3n) is 2.16. The molecule has 0 aliphatic rings. The SMILES string of the molecule is CCOC(=O)Nc1cccc(-c2ncc[nH]2)c1. The lowest BCUT2D eigenvalue weighted by atomic mass is 10.2. The molecule has 17 heavy (non-hydrogen) atoms. The maximum absolute atomic E-state index is 11.3. The molecule has 2 N–H and O–H groups in total. The lowest BCUT2D eigenvalue weighted by molar-refractivity contribution is 0.168. The number of hydrogen-bond acceptors (Lipinski definition) is 3. The van der Waals surface area contributed by atoms with E-state index in [0.717, 1.165) is 11.4 Å². The Balaban J connectivity index is 2.15. The van der Waals surface area contributed by atoms with Crippen molar-refractivity contribution in [3.8, 4) is 11.4 Å². The molecule has 5 nitrogen and oxygen atoms in total. The topological polar surface area (TPSA) is 67.0 Å². The van der Waals surface area contributed by atoms with Crippen LogP contribution < -0.4 is 5.32 Å². The zero-order valence-electron chi connectivity index (χ0n) is 9.43. The van der Waals surface area contributed by atoms with E-state index in [1.165, 1.54) is 0 Å². The van der Waals surface area contributed by atoms with Crippen molar-refractivity contribution in [2.75, 3.05) is 11.9 Å². The quantitative estimate of drug-likeness (QED) is 0.853. The Bertz CT molecular complexity index is 494. The number of aromatic nitrogens is 2. The highest BCUT2D eigenvalue weighted by Crippen LogP contribution is 2.19. The fourth-order valence-electron chi connectivity index (χ4n) is 1.45. The smallest absolute Gasteiger partial charge is 0.411 e. The van der Waals surface area contributed by atoms with Crippen LogP contribution in [0.25, 0.3) is 11.4 Å². The Morgan fingerprint density at radius 2 is 2.41 bits per heavy atom. The molecule has 1 aromatic heterocycles. The number of amides is 1. The van der Waals surface area contributed by atoms with Gasteiger partial charge in [-0.1, -0.05) is 12.1 Å². The molecule has 1 amide bonds. The molecule has 2 rings (SSSR count). The van der Waals surface area contributed by atoms with Crippen LogP contribution in [0.3, 0.4) is 0 Å². The van der Waals surface area contributed by atoms with Gasteiger partial charge in [-0.05, 0) is 19.1 Å². The number of imidazole rings is 1. The average molecular weight is 231 g/mol. The Morgan fingerprint density at radius 3 is 3.12 bits per heavy atom. The van der Waals surface area contributed by atoms with E-state index in [1.807, 2.05) is 18.2 Å². The van der Waals surface area contributed by atoms with Crippen molar-refractivity contribution in [3.05, 3.63) is 36.7 Å². The summed E-state index contributed by atoms with van der Waals surface area (Å²) in [5, 5.41) is 2.64. The number of rotatable bonds is 3. The van der Waals surface area contributed by atoms with Gasteiger partial charge < -0.3 is 9.72 Å². The Hall–Kier alpha value is -2.30. The Morgan fingerprint density at radius 1 is 1.53 bits per heavy atom. The normalized spacial score (nSPS) is 9.94. The summed E-state index contributed by atoms with van der Waals surface area (Å²) < 4.78 is 4.80. The van der Waals surface area contributed by atoms with E-state index >= 15 is 0 Å². The van der Waals surface area contributed by atoms with Crippen molar-refractivity contribution >= 4 is 11.8 Å². The van der Waals surface area contributed by atoms with Crippen LogP contribution in [-0.4, -0.2) is 22.7 Å². The van der Waals surface area contributed by atoms with Crippen LogP contribution in [0.4, 0.5) is 10.5 Å². The largest absolute Gasteiger partial charge is 0.450 e. The van der Waals surface area contributed by atoms with Gasteiger partial charge in [0.05, 0.1) is 6.61 Å². The average Bonchev–Trinajstić information content (AvgIpc) is 2.83. The predicted octanol–water partition coefficient (Wildman–Crippen LogP) is 2.65. The van der Waals surface area contributed by atoms with E-state index in [0.29, 0.717) is 12.3 Å². The van der Waals surface area contributed by atoms with Crippen molar-refractivity contribution in [2.24, 2.45) is 0 Å². The summed E-state index contributed by atoms with van der Waals surface area (Å²) in [7, 11) is 0. The molecule has 0 aliphatic carbocycles. The summed E-state index contributed by atoms with van der Waals surface area (Å²) in [6, 6.07) is 7.38. The number of ether oxygens (including phenoxy) is 1. The second-order valence-electron chi connectivity index (χ2n) is 3.36. The van der Waals surface area contributed by atoms with Gasteiger partial charge in [-0.25, -0.2) is 9.78 Å². The van der Waals surface area contributed by atoms with Crippen molar-refractivity contribution in [1.82, 2.24) is 9.97 Å². The van der Waals surface area contributed by atoms with Crippen LogP contribution in [-0.2, 0) is 4.74 Å². The van der Waals surface area contributed by atoms with Gasteiger partial charge in [-0.15, -0.1) is 0 Å². The van der Waals surface area contributed by atoms with Crippen LogP contribution in [0.5, 0.6) is 0 Å². The van der Waals surface area contributed by atoms with Crippen molar-refractivity contribution in [3.63, 3.8) is 0 Å². The molecule has 0 spiro atoms. The van der Waals surface area contributed by atoms with E-state index in [2.05, 4.69) is 15.3 Å². The zero-order chi connectivity index (χ0) is 12.1. The van der Waals surface area contributed by atoms with E-state index < -0.39 is 6.09 Å². The molecule has 88 valence electrons. The summed E-state index contributed by atoms with van der Waals surface area (Å²) in [6.07, 6.45) is 2.98. The minimum atomic E-state index is -0.455. The molecular weight excluding hydrogens is 218 g/mol. The monoisotopic (exact) mass is 231 g/mol. The highest BCUT2D eigenvalue weighted by molar-refractivity contribution is 5.85. The first-order valence-corrected chi connectivity index (χ1v) is 5.33. The highest BCUT2D eigenvalue weighted by Gasteiger charge is 2.04. The van der Waals surface area contributed by atoms with Gasteiger partial charge in [0.2, 0.25) is 0 Å².